The van der Waals surface area contributed by atoms with Gasteiger partial charge in [0.15, 0.2) is 0 Å². The highest BCUT2D eigenvalue weighted by atomic mass is 16.2. The molecule has 1 saturated carbocycles. The number of likely N-dealkylation sites (tertiary alicyclic amines) is 1. The number of aromatic amines is 1. The molecule has 2 N–H and O–H groups in total. The molecule has 1 aromatic heterocycles. The number of piperidine rings is 1. The molecule has 1 aliphatic heterocycles. The summed E-state index contributed by atoms with van der Waals surface area (Å²) in [5.74, 6) is 0.828. The summed E-state index contributed by atoms with van der Waals surface area (Å²) in [6, 6.07) is 6.65. The van der Waals surface area contributed by atoms with Crippen LogP contribution < -0.4 is 5.32 Å². The molecule has 3 aliphatic rings. The molecule has 0 spiro atoms. The highest BCUT2D eigenvalue weighted by molar-refractivity contribution is 5.96. The minimum atomic E-state index is -0.258. The van der Waals surface area contributed by atoms with Crippen molar-refractivity contribution in [2.45, 2.75) is 51.0 Å². The number of aromatic nitrogens is 1. The van der Waals surface area contributed by atoms with Crippen LogP contribution in [-0.2, 0) is 11.2 Å². The molecule has 3 amide bonds. The Balaban J connectivity index is 1.46. The Kier molecular flexibility index (Phi) is 7.22. The van der Waals surface area contributed by atoms with E-state index in [4.69, 9.17) is 0 Å². The quantitative estimate of drug-likeness (QED) is 0.555. The molecule has 3 atom stereocenters. The topological polar surface area (TPSA) is 71.7 Å². The van der Waals surface area contributed by atoms with Crippen molar-refractivity contribution < 1.29 is 9.59 Å². The van der Waals surface area contributed by atoms with E-state index in [2.05, 4.69) is 44.9 Å². The highest BCUT2D eigenvalue weighted by Crippen LogP contribution is 2.47. The fourth-order valence-corrected chi connectivity index (χ4v) is 6.43. The Morgan fingerprint density at radius 3 is 2.75 bits per heavy atom. The average Bonchev–Trinajstić information content (AvgIpc) is 3.61. The monoisotopic (exact) mass is 491 g/mol. The lowest BCUT2D eigenvalue weighted by atomic mass is 9.71. The Morgan fingerprint density at radius 1 is 1.25 bits per heavy atom. The summed E-state index contributed by atoms with van der Waals surface area (Å²) in [5, 5.41) is 4.20. The summed E-state index contributed by atoms with van der Waals surface area (Å²) < 4.78 is 0. The van der Waals surface area contributed by atoms with Crippen molar-refractivity contribution in [1.82, 2.24) is 25.0 Å². The fraction of sp³-hybridized carbons (Fsp3) is 0.586. The number of urea groups is 1. The minimum Gasteiger partial charge on any atom is -0.355 e. The van der Waals surface area contributed by atoms with Crippen molar-refractivity contribution in [2.24, 2.45) is 11.8 Å². The minimum absolute atomic E-state index is 0.0159. The van der Waals surface area contributed by atoms with Gasteiger partial charge in [-0.1, -0.05) is 18.7 Å². The normalized spacial score (nSPS) is 23.5. The number of nitrogens with one attached hydrogen (secondary N) is 2. The van der Waals surface area contributed by atoms with Gasteiger partial charge < -0.3 is 15.2 Å². The number of carbonyl (C=O) groups excluding carboxylic acids is 2. The van der Waals surface area contributed by atoms with Gasteiger partial charge in [-0.3, -0.25) is 14.6 Å². The van der Waals surface area contributed by atoms with Gasteiger partial charge in [-0.05, 0) is 88.9 Å². The smallest absolute Gasteiger partial charge is 0.324 e. The Labute approximate surface area is 214 Å². The predicted molar refractivity (Wildman–Crippen MR) is 145 cm³/mol. The standard InChI is InChI=1S/C29H41N5O2/c1-5-24-23-16-26-22(21-9-7-10-25(31-24)27(21)23)15-20(18-33(26)17-19-11-12-19)28(35)34(29(36)30-6-2)14-8-13-32(3)4/h5,7,9-10,19-20,22,26,31H,1,6,8,11-18H2,2-4H3,(H,30,36)/t20?,22-,26-/m1/s1. The molecule has 1 unspecified atom stereocenters. The van der Waals surface area contributed by atoms with Gasteiger partial charge in [0.25, 0.3) is 0 Å². The largest absolute Gasteiger partial charge is 0.355 e. The van der Waals surface area contributed by atoms with E-state index in [1.54, 1.807) is 0 Å². The lowest BCUT2D eigenvalue weighted by Crippen LogP contribution is -2.56. The van der Waals surface area contributed by atoms with Crippen molar-refractivity contribution >= 4 is 28.9 Å². The van der Waals surface area contributed by atoms with Crippen LogP contribution in [0.4, 0.5) is 4.79 Å². The summed E-state index contributed by atoms with van der Waals surface area (Å²) in [4.78, 5) is 36.7. The second-order valence-corrected chi connectivity index (χ2v) is 11.2. The number of carbonyl (C=O) groups is 2. The molecule has 2 heterocycles. The maximum absolute atomic E-state index is 14.0. The molecule has 5 rings (SSSR count). The van der Waals surface area contributed by atoms with E-state index in [-0.39, 0.29) is 23.8 Å². The molecule has 1 saturated heterocycles. The summed E-state index contributed by atoms with van der Waals surface area (Å²) in [5.41, 5.74) is 5.00. The molecule has 194 valence electrons. The number of nitrogens with zero attached hydrogens (tertiary/aromatic N) is 3. The predicted octanol–water partition coefficient (Wildman–Crippen LogP) is 4.06. The number of benzene rings is 1. The zero-order valence-electron chi connectivity index (χ0n) is 22.1. The number of hydrogen-bond acceptors (Lipinski definition) is 4. The molecule has 7 nitrogen and oxygen atoms in total. The van der Waals surface area contributed by atoms with Crippen molar-refractivity contribution in [3.05, 3.63) is 41.6 Å². The molecule has 36 heavy (non-hydrogen) atoms. The highest BCUT2D eigenvalue weighted by Gasteiger charge is 2.45. The molecule has 0 radical (unpaired) electrons. The zero-order chi connectivity index (χ0) is 25.4. The molecule has 7 heteroatoms. The van der Waals surface area contributed by atoms with Crippen LogP contribution in [-0.4, -0.2) is 84.5 Å². The van der Waals surface area contributed by atoms with E-state index < -0.39 is 0 Å². The third kappa shape index (κ3) is 4.83. The van der Waals surface area contributed by atoms with Crippen molar-refractivity contribution in [1.29, 1.82) is 0 Å². The summed E-state index contributed by atoms with van der Waals surface area (Å²) in [6.07, 6.45) is 7.06. The maximum Gasteiger partial charge on any atom is 0.324 e. The fourth-order valence-electron chi connectivity index (χ4n) is 6.43. The first-order valence-electron chi connectivity index (χ1n) is 13.6. The summed E-state index contributed by atoms with van der Waals surface area (Å²) in [6.45, 7) is 9.55. The number of imide groups is 1. The van der Waals surface area contributed by atoms with Gasteiger partial charge in [0.05, 0.1) is 5.92 Å². The SMILES string of the molecule is C=Cc1[nH]c2cccc3c2c1C[C@@H]1[C@@H]3CC(C(=O)N(CCCN(C)C)C(=O)NCC)CN1CC1CC1. The molecule has 1 aromatic carbocycles. The van der Waals surface area contributed by atoms with E-state index in [0.717, 1.165) is 56.0 Å². The summed E-state index contributed by atoms with van der Waals surface area (Å²) >= 11 is 0. The first kappa shape index (κ1) is 25.0. The van der Waals surface area contributed by atoms with E-state index in [1.165, 1.54) is 34.3 Å². The Hall–Kier alpha value is -2.64. The molecule has 0 bridgehead atoms. The van der Waals surface area contributed by atoms with Crippen molar-refractivity contribution in [2.75, 3.05) is 46.8 Å². The number of amides is 3. The number of fused-ring (bicyclic) bond motifs is 2. The Bertz CT molecular complexity index is 1130. The molecule has 2 aromatic rings. The second-order valence-electron chi connectivity index (χ2n) is 11.2. The number of rotatable bonds is 9. The van der Waals surface area contributed by atoms with Crippen LogP contribution in [0, 0.1) is 11.8 Å². The van der Waals surface area contributed by atoms with Gasteiger partial charge in [0.2, 0.25) is 5.91 Å². The van der Waals surface area contributed by atoms with Crippen LogP contribution in [0.3, 0.4) is 0 Å². The molecule has 2 aliphatic carbocycles. The first-order chi connectivity index (χ1) is 17.4. The van der Waals surface area contributed by atoms with Crippen LogP contribution in [0.5, 0.6) is 0 Å². The average molecular weight is 492 g/mol. The molecular weight excluding hydrogens is 450 g/mol. The van der Waals surface area contributed by atoms with Gasteiger partial charge in [-0.25, -0.2) is 4.79 Å². The van der Waals surface area contributed by atoms with E-state index in [0.29, 0.717) is 19.1 Å². The van der Waals surface area contributed by atoms with Gasteiger partial charge in [-0.2, -0.15) is 0 Å². The van der Waals surface area contributed by atoms with Gasteiger partial charge in [0, 0.05) is 54.7 Å². The Morgan fingerprint density at radius 2 is 2.06 bits per heavy atom. The van der Waals surface area contributed by atoms with Gasteiger partial charge in [-0.15, -0.1) is 0 Å². The number of hydrogen-bond donors (Lipinski definition) is 2. The first-order valence-corrected chi connectivity index (χ1v) is 13.6. The third-order valence-electron chi connectivity index (χ3n) is 8.30. The third-order valence-corrected chi connectivity index (χ3v) is 8.30. The molecule has 2 fully saturated rings. The van der Waals surface area contributed by atoms with Gasteiger partial charge >= 0.3 is 6.03 Å². The number of H-pyrrole nitrogens is 1. The van der Waals surface area contributed by atoms with Crippen molar-refractivity contribution in [3.63, 3.8) is 0 Å². The maximum atomic E-state index is 14.0. The van der Waals surface area contributed by atoms with Gasteiger partial charge in [0.1, 0.15) is 0 Å². The van der Waals surface area contributed by atoms with Crippen LogP contribution in [0.2, 0.25) is 0 Å². The summed E-state index contributed by atoms with van der Waals surface area (Å²) in [7, 11) is 4.04. The zero-order valence-corrected chi connectivity index (χ0v) is 22.1. The second kappa shape index (κ2) is 10.4. The van der Waals surface area contributed by atoms with Crippen molar-refractivity contribution in [3.8, 4) is 0 Å². The lowest BCUT2D eigenvalue weighted by Gasteiger charge is -2.47. The van der Waals surface area contributed by atoms with E-state index in [1.807, 2.05) is 27.1 Å². The lowest BCUT2D eigenvalue weighted by molar-refractivity contribution is -0.135. The van der Waals surface area contributed by atoms with Crippen LogP contribution in [0.15, 0.2) is 24.8 Å². The van der Waals surface area contributed by atoms with Crippen LogP contribution >= 0.6 is 0 Å². The van der Waals surface area contributed by atoms with E-state index >= 15 is 0 Å². The molecular formula is C29H41N5O2. The van der Waals surface area contributed by atoms with Crippen LogP contribution in [0.1, 0.15) is 55.3 Å². The van der Waals surface area contributed by atoms with Crippen LogP contribution in [0.25, 0.3) is 17.0 Å². The van der Waals surface area contributed by atoms with E-state index in [9.17, 15) is 9.59 Å².